The summed E-state index contributed by atoms with van der Waals surface area (Å²) in [4.78, 5) is 11.4. The van der Waals surface area contributed by atoms with Gasteiger partial charge in [-0.05, 0) is 39.3 Å². The summed E-state index contributed by atoms with van der Waals surface area (Å²) in [6.45, 7) is 7.12. The van der Waals surface area contributed by atoms with E-state index in [4.69, 9.17) is 4.74 Å². The standard InChI is InChI=1S/C10H20N2O2/c1-3-14-8(2)10(13)12-7-9-4-5-11-6-9/h8-9,11H,3-7H2,1-2H3,(H,12,13). The quantitative estimate of drug-likeness (QED) is 0.663. The fourth-order valence-corrected chi connectivity index (χ4v) is 1.60. The molecular weight excluding hydrogens is 180 g/mol. The van der Waals surface area contributed by atoms with Crippen molar-refractivity contribution in [3.05, 3.63) is 0 Å². The van der Waals surface area contributed by atoms with Gasteiger partial charge >= 0.3 is 0 Å². The number of ether oxygens (including phenoxy) is 1. The molecule has 0 aromatic carbocycles. The number of carbonyl (C=O) groups excluding carboxylic acids is 1. The molecule has 0 radical (unpaired) electrons. The third-order valence-corrected chi connectivity index (χ3v) is 2.51. The molecule has 1 amide bonds. The molecule has 1 heterocycles. The number of hydrogen-bond donors (Lipinski definition) is 2. The van der Waals surface area contributed by atoms with Gasteiger partial charge < -0.3 is 15.4 Å². The molecule has 2 unspecified atom stereocenters. The Kier molecular flexibility index (Phi) is 4.90. The van der Waals surface area contributed by atoms with E-state index in [9.17, 15) is 4.79 Å². The van der Waals surface area contributed by atoms with Gasteiger partial charge in [-0.3, -0.25) is 4.79 Å². The molecule has 0 saturated carbocycles. The Labute approximate surface area is 85.4 Å². The van der Waals surface area contributed by atoms with Gasteiger partial charge in [0.25, 0.3) is 0 Å². The molecule has 1 aliphatic heterocycles. The molecule has 0 spiro atoms. The van der Waals surface area contributed by atoms with Crippen LogP contribution in [0.15, 0.2) is 0 Å². The molecule has 0 aromatic heterocycles. The van der Waals surface area contributed by atoms with Crippen LogP contribution in [0.1, 0.15) is 20.3 Å². The minimum Gasteiger partial charge on any atom is -0.369 e. The first-order chi connectivity index (χ1) is 6.74. The van der Waals surface area contributed by atoms with E-state index >= 15 is 0 Å². The van der Waals surface area contributed by atoms with Gasteiger partial charge in [0, 0.05) is 13.2 Å². The molecule has 1 aliphatic rings. The molecule has 14 heavy (non-hydrogen) atoms. The summed E-state index contributed by atoms with van der Waals surface area (Å²) in [7, 11) is 0. The first kappa shape index (κ1) is 11.5. The van der Waals surface area contributed by atoms with Crippen molar-refractivity contribution >= 4 is 5.91 Å². The van der Waals surface area contributed by atoms with Gasteiger partial charge in [-0.25, -0.2) is 0 Å². The van der Waals surface area contributed by atoms with Crippen LogP contribution >= 0.6 is 0 Å². The summed E-state index contributed by atoms with van der Waals surface area (Å²) in [6, 6.07) is 0. The molecule has 4 heteroatoms. The van der Waals surface area contributed by atoms with Crippen LogP contribution < -0.4 is 10.6 Å². The van der Waals surface area contributed by atoms with Crippen LogP contribution in [-0.4, -0.2) is 38.3 Å². The maximum atomic E-state index is 11.4. The molecular formula is C10H20N2O2. The summed E-state index contributed by atoms with van der Waals surface area (Å²) < 4.78 is 5.19. The normalized spacial score (nSPS) is 23.4. The van der Waals surface area contributed by atoms with Crippen LogP contribution in [0.2, 0.25) is 0 Å². The van der Waals surface area contributed by atoms with Crippen molar-refractivity contribution in [2.45, 2.75) is 26.4 Å². The Morgan fingerprint density at radius 2 is 2.50 bits per heavy atom. The van der Waals surface area contributed by atoms with E-state index in [1.807, 2.05) is 6.92 Å². The predicted molar refractivity (Wildman–Crippen MR) is 55.1 cm³/mol. The largest absolute Gasteiger partial charge is 0.369 e. The molecule has 82 valence electrons. The minimum absolute atomic E-state index is 0.00116. The number of amides is 1. The van der Waals surface area contributed by atoms with E-state index in [-0.39, 0.29) is 12.0 Å². The molecule has 1 fully saturated rings. The van der Waals surface area contributed by atoms with Gasteiger partial charge in [-0.2, -0.15) is 0 Å². The third-order valence-electron chi connectivity index (χ3n) is 2.51. The second kappa shape index (κ2) is 5.98. The average Bonchev–Trinajstić information content (AvgIpc) is 2.67. The van der Waals surface area contributed by atoms with E-state index in [0.717, 1.165) is 26.1 Å². The van der Waals surface area contributed by atoms with Crippen molar-refractivity contribution in [3.63, 3.8) is 0 Å². The van der Waals surface area contributed by atoms with Gasteiger partial charge in [-0.1, -0.05) is 0 Å². The van der Waals surface area contributed by atoms with Crippen LogP contribution in [-0.2, 0) is 9.53 Å². The summed E-state index contributed by atoms with van der Waals surface area (Å²) in [5.41, 5.74) is 0. The summed E-state index contributed by atoms with van der Waals surface area (Å²) in [6.07, 6.45) is 0.831. The molecule has 1 rings (SSSR count). The van der Waals surface area contributed by atoms with Gasteiger partial charge in [0.05, 0.1) is 0 Å². The zero-order valence-electron chi connectivity index (χ0n) is 9.01. The number of carbonyl (C=O) groups is 1. The zero-order chi connectivity index (χ0) is 10.4. The van der Waals surface area contributed by atoms with E-state index in [2.05, 4.69) is 10.6 Å². The van der Waals surface area contributed by atoms with Crippen molar-refractivity contribution in [2.75, 3.05) is 26.2 Å². The summed E-state index contributed by atoms with van der Waals surface area (Å²) in [5, 5.41) is 6.17. The van der Waals surface area contributed by atoms with Crippen molar-refractivity contribution < 1.29 is 9.53 Å². The number of rotatable bonds is 5. The van der Waals surface area contributed by atoms with Crippen molar-refractivity contribution in [1.29, 1.82) is 0 Å². The molecule has 0 aliphatic carbocycles. The van der Waals surface area contributed by atoms with Crippen LogP contribution in [0.3, 0.4) is 0 Å². The Hall–Kier alpha value is -0.610. The Bertz CT molecular complexity index is 179. The van der Waals surface area contributed by atoms with Crippen molar-refractivity contribution in [3.8, 4) is 0 Å². The topological polar surface area (TPSA) is 50.4 Å². The van der Waals surface area contributed by atoms with Gasteiger partial charge in [-0.15, -0.1) is 0 Å². The molecule has 1 saturated heterocycles. The van der Waals surface area contributed by atoms with Gasteiger partial charge in [0.15, 0.2) is 0 Å². The minimum atomic E-state index is -0.325. The fraction of sp³-hybridized carbons (Fsp3) is 0.900. The maximum Gasteiger partial charge on any atom is 0.248 e. The summed E-state index contributed by atoms with van der Waals surface area (Å²) in [5.74, 6) is 0.589. The lowest BCUT2D eigenvalue weighted by Crippen LogP contribution is -2.37. The molecule has 2 atom stereocenters. The Morgan fingerprint density at radius 1 is 1.71 bits per heavy atom. The van der Waals surface area contributed by atoms with Crippen molar-refractivity contribution in [1.82, 2.24) is 10.6 Å². The van der Waals surface area contributed by atoms with E-state index in [1.165, 1.54) is 0 Å². The molecule has 0 bridgehead atoms. The molecule has 0 aromatic rings. The highest BCUT2D eigenvalue weighted by atomic mass is 16.5. The lowest BCUT2D eigenvalue weighted by atomic mass is 10.1. The Balaban J connectivity index is 2.13. The predicted octanol–water partition coefficient (Wildman–Crippen LogP) is 0.137. The first-order valence-electron chi connectivity index (χ1n) is 5.34. The van der Waals surface area contributed by atoms with Crippen molar-refractivity contribution in [2.24, 2.45) is 5.92 Å². The maximum absolute atomic E-state index is 11.4. The highest BCUT2D eigenvalue weighted by molar-refractivity contribution is 5.80. The van der Waals surface area contributed by atoms with Crippen LogP contribution in [0.4, 0.5) is 0 Å². The summed E-state index contributed by atoms with van der Waals surface area (Å²) >= 11 is 0. The third kappa shape index (κ3) is 3.64. The van der Waals surface area contributed by atoms with Crippen LogP contribution in [0.5, 0.6) is 0 Å². The Morgan fingerprint density at radius 3 is 3.07 bits per heavy atom. The first-order valence-corrected chi connectivity index (χ1v) is 5.34. The highest BCUT2D eigenvalue weighted by Gasteiger charge is 2.17. The lowest BCUT2D eigenvalue weighted by Gasteiger charge is -2.14. The highest BCUT2D eigenvalue weighted by Crippen LogP contribution is 2.05. The zero-order valence-corrected chi connectivity index (χ0v) is 9.01. The lowest BCUT2D eigenvalue weighted by molar-refractivity contribution is -0.131. The second-order valence-electron chi connectivity index (χ2n) is 3.70. The second-order valence-corrected chi connectivity index (χ2v) is 3.70. The van der Waals surface area contributed by atoms with E-state index in [0.29, 0.717) is 12.5 Å². The SMILES string of the molecule is CCOC(C)C(=O)NCC1CCNC1. The van der Waals surface area contributed by atoms with Gasteiger partial charge in [0.2, 0.25) is 5.91 Å². The van der Waals surface area contributed by atoms with E-state index < -0.39 is 0 Å². The number of hydrogen-bond acceptors (Lipinski definition) is 3. The molecule has 2 N–H and O–H groups in total. The average molecular weight is 200 g/mol. The van der Waals surface area contributed by atoms with E-state index in [1.54, 1.807) is 6.92 Å². The smallest absolute Gasteiger partial charge is 0.248 e. The number of nitrogens with one attached hydrogen (secondary N) is 2. The molecule has 4 nitrogen and oxygen atoms in total. The van der Waals surface area contributed by atoms with Gasteiger partial charge in [0.1, 0.15) is 6.10 Å². The fourth-order valence-electron chi connectivity index (χ4n) is 1.60. The van der Waals surface area contributed by atoms with Crippen LogP contribution in [0.25, 0.3) is 0 Å². The van der Waals surface area contributed by atoms with Crippen LogP contribution in [0, 0.1) is 5.92 Å². The monoisotopic (exact) mass is 200 g/mol.